The van der Waals surface area contributed by atoms with Gasteiger partial charge in [0.05, 0.1) is 37.5 Å². The smallest absolute Gasteiger partial charge is 0.161 e. The van der Waals surface area contributed by atoms with Crippen LogP contribution >= 0.6 is 0 Å². The van der Waals surface area contributed by atoms with E-state index in [4.69, 9.17) is 9.84 Å². The van der Waals surface area contributed by atoms with Crippen molar-refractivity contribution in [2.45, 2.75) is 6.54 Å². The number of benzene rings is 2. The maximum atomic E-state index is 14.4. The average molecular weight is 362 g/mol. The lowest BCUT2D eigenvalue weighted by atomic mass is 10.0. The summed E-state index contributed by atoms with van der Waals surface area (Å²) in [5.41, 5.74) is 1.43. The number of aliphatic hydroxyl groups excluding tert-OH is 1. The van der Waals surface area contributed by atoms with E-state index in [1.807, 2.05) is 18.2 Å². The Labute approximate surface area is 148 Å². The van der Waals surface area contributed by atoms with Gasteiger partial charge < -0.3 is 14.4 Å². The summed E-state index contributed by atoms with van der Waals surface area (Å²) in [7, 11) is 0. The number of rotatable bonds is 7. The van der Waals surface area contributed by atoms with Crippen LogP contribution in [0.5, 0.6) is 0 Å². The number of halogens is 3. The van der Waals surface area contributed by atoms with E-state index >= 15 is 0 Å². The fourth-order valence-corrected chi connectivity index (χ4v) is 2.67. The molecule has 0 aliphatic rings. The fraction of sp³-hybridized carbons (Fsp3) is 0.211. The molecule has 0 spiro atoms. The summed E-state index contributed by atoms with van der Waals surface area (Å²) in [6.45, 7) is 0.635. The summed E-state index contributed by atoms with van der Waals surface area (Å²) in [5.74, 6) is -3.26. The molecule has 3 rings (SSSR count). The molecule has 2 aromatic carbocycles. The average Bonchev–Trinajstić information content (AvgIpc) is 3.06. The summed E-state index contributed by atoms with van der Waals surface area (Å²) >= 11 is 0. The quantitative estimate of drug-likeness (QED) is 0.516. The molecular weight excluding hydrogens is 345 g/mol. The Morgan fingerprint density at radius 1 is 0.962 bits per heavy atom. The summed E-state index contributed by atoms with van der Waals surface area (Å²) < 4.78 is 48.3. The lowest BCUT2D eigenvalue weighted by molar-refractivity contribution is 0.0871. The number of ether oxygens (including phenoxy) is 1. The molecule has 3 aromatic rings. The minimum atomic E-state index is -1.25. The van der Waals surface area contributed by atoms with E-state index in [0.717, 1.165) is 11.6 Å². The first-order valence-corrected chi connectivity index (χ1v) is 8.06. The molecule has 0 unspecified atom stereocenters. The van der Waals surface area contributed by atoms with Crippen LogP contribution in [0, 0.1) is 17.5 Å². The van der Waals surface area contributed by atoms with Crippen LogP contribution < -0.4 is 0 Å². The molecule has 4 nitrogen and oxygen atoms in total. The van der Waals surface area contributed by atoms with Crippen LogP contribution in [0.25, 0.3) is 22.5 Å². The molecule has 1 aromatic heterocycles. The Morgan fingerprint density at radius 2 is 1.69 bits per heavy atom. The van der Waals surface area contributed by atoms with Gasteiger partial charge in [-0.1, -0.05) is 30.3 Å². The van der Waals surface area contributed by atoms with E-state index in [-0.39, 0.29) is 25.4 Å². The second-order valence-electron chi connectivity index (χ2n) is 5.58. The molecule has 0 aliphatic heterocycles. The number of aliphatic hydroxyl groups is 1. The van der Waals surface area contributed by atoms with Crippen LogP contribution in [0.2, 0.25) is 0 Å². The van der Waals surface area contributed by atoms with Crippen LogP contribution in [0.1, 0.15) is 0 Å². The molecule has 0 bridgehead atoms. The summed E-state index contributed by atoms with van der Waals surface area (Å²) in [5, 5.41) is 8.77. The SMILES string of the molecule is OCCOCCn1cnc(-c2ccccc2)c1-c1cc(F)c(F)cc1F. The third-order valence-corrected chi connectivity index (χ3v) is 3.86. The van der Waals surface area contributed by atoms with Crippen molar-refractivity contribution in [3.05, 3.63) is 66.2 Å². The molecule has 0 atom stereocenters. The number of imidazole rings is 1. The van der Waals surface area contributed by atoms with Gasteiger partial charge in [0.1, 0.15) is 5.82 Å². The maximum Gasteiger partial charge on any atom is 0.161 e. The van der Waals surface area contributed by atoms with Crippen LogP contribution in [-0.2, 0) is 11.3 Å². The van der Waals surface area contributed by atoms with E-state index < -0.39 is 17.5 Å². The Bertz CT molecular complexity index is 882. The molecule has 0 saturated carbocycles. The highest BCUT2D eigenvalue weighted by atomic mass is 19.2. The van der Waals surface area contributed by atoms with Crippen LogP contribution in [0.15, 0.2) is 48.8 Å². The summed E-state index contributed by atoms with van der Waals surface area (Å²) in [6, 6.07) is 10.4. The van der Waals surface area contributed by atoms with Crippen LogP contribution in [0.4, 0.5) is 13.2 Å². The first-order valence-electron chi connectivity index (χ1n) is 8.06. The predicted molar refractivity (Wildman–Crippen MR) is 90.9 cm³/mol. The maximum absolute atomic E-state index is 14.4. The molecular formula is C19H17F3N2O2. The van der Waals surface area contributed by atoms with Gasteiger partial charge in [-0.05, 0) is 6.07 Å². The highest BCUT2D eigenvalue weighted by Gasteiger charge is 2.20. The van der Waals surface area contributed by atoms with Crippen molar-refractivity contribution in [2.24, 2.45) is 0 Å². The molecule has 1 N–H and O–H groups in total. The van der Waals surface area contributed by atoms with E-state index in [1.54, 1.807) is 16.7 Å². The molecule has 0 radical (unpaired) electrons. The third-order valence-electron chi connectivity index (χ3n) is 3.86. The molecule has 0 aliphatic carbocycles. The zero-order valence-electron chi connectivity index (χ0n) is 13.8. The fourth-order valence-electron chi connectivity index (χ4n) is 2.67. The minimum absolute atomic E-state index is 0.0811. The van der Waals surface area contributed by atoms with E-state index in [2.05, 4.69) is 4.98 Å². The predicted octanol–water partition coefficient (Wildman–Crippen LogP) is 3.64. The van der Waals surface area contributed by atoms with Gasteiger partial charge in [0.15, 0.2) is 11.6 Å². The number of hydrogen-bond acceptors (Lipinski definition) is 3. The third kappa shape index (κ3) is 3.79. The molecule has 136 valence electrons. The lowest BCUT2D eigenvalue weighted by Gasteiger charge is -2.12. The van der Waals surface area contributed by atoms with Crippen molar-refractivity contribution in [1.82, 2.24) is 9.55 Å². The molecule has 0 saturated heterocycles. The Balaban J connectivity index is 2.08. The zero-order chi connectivity index (χ0) is 18.5. The van der Waals surface area contributed by atoms with Crippen molar-refractivity contribution in [2.75, 3.05) is 19.8 Å². The first-order chi connectivity index (χ1) is 12.6. The zero-order valence-corrected chi connectivity index (χ0v) is 13.8. The van der Waals surface area contributed by atoms with Gasteiger partial charge in [-0.3, -0.25) is 0 Å². The van der Waals surface area contributed by atoms with Crippen LogP contribution in [-0.4, -0.2) is 34.5 Å². The second kappa shape index (κ2) is 8.16. The Hall–Kier alpha value is -2.64. The topological polar surface area (TPSA) is 47.3 Å². The molecule has 26 heavy (non-hydrogen) atoms. The van der Waals surface area contributed by atoms with Gasteiger partial charge in [-0.2, -0.15) is 0 Å². The Kier molecular flexibility index (Phi) is 5.70. The van der Waals surface area contributed by atoms with Crippen molar-refractivity contribution >= 4 is 0 Å². The van der Waals surface area contributed by atoms with Gasteiger partial charge in [0, 0.05) is 23.7 Å². The first kappa shape index (κ1) is 18.2. The van der Waals surface area contributed by atoms with Gasteiger partial charge in [0.2, 0.25) is 0 Å². The van der Waals surface area contributed by atoms with Crippen molar-refractivity contribution in [3.63, 3.8) is 0 Å². The molecule has 7 heteroatoms. The molecule has 1 heterocycles. The lowest BCUT2D eigenvalue weighted by Crippen LogP contribution is -2.09. The second-order valence-corrected chi connectivity index (χ2v) is 5.58. The normalized spacial score (nSPS) is 11.1. The minimum Gasteiger partial charge on any atom is -0.394 e. The summed E-state index contributed by atoms with van der Waals surface area (Å²) in [6.07, 6.45) is 1.50. The number of hydrogen-bond donors (Lipinski definition) is 1. The van der Waals surface area contributed by atoms with Crippen molar-refractivity contribution < 1.29 is 23.0 Å². The van der Waals surface area contributed by atoms with Gasteiger partial charge in [-0.15, -0.1) is 0 Å². The van der Waals surface area contributed by atoms with Crippen LogP contribution in [0.3, 0.4) is 0 Å². The number of aromatic nitrogens is 2. The van der Waals surface area contributed by atoms with Crippen molar-refractivity contribution in [3.8, 4) is 22.5 Å². The highest BCUT2D eigenvalue weighted by molar-refractivity contribution is 5.79. The summed E-state index contributed by atoms with van der Waals surface area (Å²) in [4.78, 5) is 4.33. The van der Waals surface area contributed by atoms with Gasteiger partial charge >= 0.3 is 0 Å². The largest absolute Gasteiger partial charge is 0.394 e. The van der Waals surface area contributed by atoms with E-state index in [9.17, 15) is 13.2 Å². The van der Waals surface area contributed by atoms with Gasteiger partial charge in [-0.25, -0.2) is 18.2 Å². The van der Waals surface area contributed by atoms with E-state index in [1.165, 1.54) is 6.33 Å². The van der Waals surface area contributed by atoms with Crippen molar-refractivity contribution in [1.29, 1.82) is 0 Å². The monoisotopic (exact) mass is 362 g/mol. The number of nitrogens with zero attached hydrogens (tertiary/aromatic N) is 2. The molecule has 0 amide bonds. The highest BCUT2D eigenvalue weighted by Crippen LogP contribution is 2.33. The Morgan fingerprint density at radius 3 is 2.42 bits per heavy atom. The van der Waals surface area contributed by atoms with Gasteiger partial charge in [0.25, 0.3) is 0 Å². The standard InChI is InChI=1S/C19H17F3N2O2/c20-15-11-17(22)16(21)10-14(15)19-18(13-4-2-1-3-5-13)23-12-24(19)6-8-26-9-7-25/h1-5,10-12,25H,6-9H2. The molecule has 0 fully saturated rings. The van der Waals surface area contributed by atoms with E-state index in [0.29, 0.717) is 24.0 Å².